The summed E-state index contributed by atoms with van der Waals surface area (Å²) in [6.07, 6.45) is 1.32. The molecule has 0 amide bonds. The first-order valence-corrected chi connectivity index (χ1v) is 6.18. The lowest BCUT2D eigenvalue weighted by molar-refractivity contribution is -0.142. The minimum absolute atomic E-state index is 0.406. The molecule has 0 saturated carbocycles. The molecule has 0 saturated heterocycles. The molecule has 2 rings (SSSR count). The molecule has 4 nitrogen and oxygen atoms in total. The van der Waals surface area contributed by atoms with Crippen LogP contribution in [0, 0.1) is 0 Å². The van der Waals surface area contributed by atoms with Crippen LogP contribution in [0.1, 0.15) is 11.1 Å². The van der Waals surface area contributed by atoms with E-state index in [1.807, 2.05) is 12.1 Å². The molecule has 1 heterocycles. The summed E-state index contributed by atoms with van der Waals surface area (Å²) in [5.41, 5.74) is 7.87. The Labute approximate surface area is 108 Å². The molecule has 5 heteroatoms. The van der Waals surface area contributed by atoms with E-state index in [9.17, 15) is 4.79 Å². The Morgan fingerprint density at radius 1 is 1.65 bits per heavy atom. The summed E-state index contributed by atoms with van der Waals surface area (Å²) in [5.74, 6) is 0.462. The molecule has 0 fully saturated rings. The molecule has 1 aliphatic rings. The zero-order chi connectivity index (χ0) is 12.4. The van der Waals surface area contributed by atoms with Gasteiger partial charge >= 0.3 is 5.97 Å². The van der Waals surface area contributed by atoms with Gasteiger partial charge in [-0.3, -0.25) is 4.79 Å². The Morgan fingerprint density at radius 2 is 2.41 bits per heavy atom. The number of benzene rings is 1. The van der Waals surface area contributed by atoms with E-state index >= 15 is 0 Å². The molecule has 0 aliphatic carbocycles. The third kappa shape index (κ3) is 2.61. The van der Waals surface area contributed by atoms with Gasteiger partial charge in [-0.05, 0) is 23.3 Å². The van der Waals surface area contributed by atoms with E-state index in [4.69, 9.17) is 10.5 Å². The van der Waals surface area contributed by atoms with E-state index in [1.165, 1.54) is 7.11 Å². The summed E-state index contributed by atoms with van der Waals surface area (Å²) < 4.78 is 11.2. The van der Waals surface area contributed by atoms with Crippen LogP contribution in [0.2, 0.25) is 0 Å². The number of hydrogen-bond donors (Lipinski definition) is 1. The van der Waals surface area contributed by atoms with Gasteiger partial charge in [-0.15, -0.1) is 0 Å². The Bertz CT molecular complexity index is 448. The van der Waals surface area contributed by atoms with Gasteiger partial charge in [0.15, 0.2) is 0 Å². The summed E-state index contributed by atoms with van der Waals surface area (Å²) in [7, 11) is 1.34. The summed E-state index contributed by atoms with van der Waals surface area (Å²) in [4.78, 5) is 11.3. The van der Waals surface area contributed by atoms with Crippen molar-refractivity contribution in [3.8, 4) is 5.75 Å². The number of rotatable bonds is 3. The summed E-state index contributed by atoms with van der Waals surface area (Å²) in [6.45, 7) is 0.687. The van der Waals surface area contributed by atoms with Crippen LogP contribution in [0.5, 0.6) is 5.75 Å². The van der Waals surface area contributed by atoms with Crippen molar-refractivity contribution in [3.05, 3.63) is 27.7 Å². The van der Waals surface area contributed by atoms with Gasteiger partial charge in [0, 0.05) is 17.3 Å². The van der Waals surface area contributed by atoms with Crippen molar-refractivity contribution in [1.82, 2.24) is 0 Å². The number of hydrogen-bond acceptors (Lipinski definition) is 4. The number of nitrogens with two attached hydrogens (primary N) is 1. The first-order valence-electron chi connectivity index (χ1n) is 5.39. The molecule has 2 N–H and O–H groups in total. The normalized spacial score (nSPS) is 15.0. The molecule has 0 radical (unpaired) electrons. The minimum Gasteiger partial charge on any atom is -0.493 e. The topological polar surface area (TPSA) is 61.5 Å². The molecular weight excluding hydrogens is 286 g/mol. The highest BCUT2D eigenvalue weighted by molar-refractivity contribution is 9.10. The largest absolute Gasteiger partial charge is 0.493 e. The predicted octanol–water partition coefficient (Wildman–Crippen LogP) is 1.43. The lowest BCUT2D eigenvalue weighted by Crippen LogP contribution is -2.33. The predicted molar refractivity (Wildman–Crippen MR) is 67.0 cm³/mol. The highest BCUT2D eigenvalue weighted by atomic mass is 79.9. The van der Waals surface area contributed by atoms with E-state index in [0.29, 0.717) is 13.0 Å². The highest BCUT2D eigenvalue weighted by Crippen LogP contribution is 2.33. The van der Waals surface area contributed by atoms with Gasteiger partial charge in [0.05, 0.1) is 13.7 Å². The number of halogens is 1. The molecule has 1 aromatic carbocycles. The molecule has 1 unspecified atom stereocenters. The molecule has 0 aromatic heterocycles. The Kier molecular flexibility index (Phi) is 3.69. The summed E-state index contributed by atoms with van der Waals surface area (Å²) >= 11 is 3.45. The number of methoxy groups -OCH3 is 1. The molecule has 1 atom stereocenters. The first-order chi connectivity index (χ1) is 8.11. The van der Waals surface area contributed by atoms with E-state index in [0.717, 1.165) is 27.8 Å². The molecule has 92 valence electrons. The number of fused-ring (bicyclic) bond motifs is 1. The third-order valence-electron chi connectivity index (χ3n) is 2.77. The van der Waals surface area contributed by atoms with Crippen molar-refractivity contribution in [2.75, 3.05) is 13.7 Å². The van der Waals surface area contributed by atoms with Gasteiger partial charge in [0.2, 0.25) is 0 Å². The fourth-order valence-corrected chi connectivity index (χ4v) is 2.52. The van der Waals surface area contributed by atoms with Crippen LogP contribution in [-0.4, -0.2) is 25.7 Å². The van der Waals surface area contributed by atoms with E-state index in [2.05, 4.69) is 20.7 Å². The third-order valence-corrected chi connectivity index (χ3v) is 3.23. The Hall–Kier alpha value is -1.07. The van der Waals surface area contributed by atoms with Crippen molar-refractivity contribution in [2.24, 2.45) is 5.73 Å². The van der Waals surface area contributed by atoms with Crippen LogP contribution in [-0.2, 0) is 22.4 Å². The van der Waals surface area contributed by atoms with Gasteiger partial charge in [0.1, 0.15) is 11.8 Å². The smallest absolute Gasteiger partial charge is 0.322 e. The summed E-state index contributed by atoms with van der Waals surface area (Å²) in [5, 5.41) is 0. The summed E-state index contributed by atoms with van der Waals surface area (Å²) in [6, 6.07) is 3.32. The SMILES string of the molecule is COC(=O)C(N)Cc1cc(Br)cc2c1OCC2. The van der Waals surface area contributed by atoms with Gasteiger partial charge in [-0.25, -0.2) is 0 Å². The van der Waals surface area contributed by atoms with Gasteiger partial charge in [-0.2, -0.15) is 0 Å². The van der Waals surface area contributed by atoms with E-state index < -0.39 is 12.0 Å². The average molecular weight is 300 g/mol. The number of carbonyl (C=O) groups is 1. The maximum absolute atomic E-state index is 11.3. The maximum Gasteiger partial charge on any atom is 0.322 e. The zero-order valence-corrected chi connectivity index (χ0v) is 11.1. The van der Waals surface area contributed by atoms with Crippen LogP contribution < -0.4 is 10.5 Å². The van der Waals surface area contributed by atoms with Crippen molar-refractivity contribution in [1.29, 1.82) is 0 Å². The lowest BCUT2D eigenvalue weighted by atomic mass is 10.0. The fraction of sp³-hybridized carbons (Fsp3) is 0.417. The monoisotopic (exact) mass is 299 g/mol. The standard InChI is InChI=1S/C12H14BrNO3/c1-16-12(15)10(14)6-8-5-9(13)4-7-2-3-17-11(7)8/h4-5,10H,2-3,6,14H2,1H3. The van der Waals surface area contributed by atoms with Crippen LogP contribution in [0.15, 0.2) is 16.6 Å². The fourth-order valence-electron chi connectivity index (χ4n) is 1.97. The number of ether oxygens (including phenoxy) is 2. The van der Waals surface area contributed by atoms with Crippen LogP contribution in [0.4, 0.5) is 0 Å². The Balaban J connectivity index is 2.24. The van der Waals surface area contributed by atoms with Gasteiger partial charge in [-0.1, -0.05) is 15.9 Å². The van der Waals surface area contributed by atoms with E-state index in [1.54, 1.807) is 0 Å². The highest BCUT2D eigenvalue weighted by Gasteiger charge is 2.21. The molecule has 0 spiro atoms. The van der Waals surface area contributed by atoms with Gasteiger partial charge < -0.3 is 15.2 Å². The number of esters is 1. The first kappa shape index (κ1) is 12.4. The zero-order valence-electron chi connectivity index (χ0n) is 9.53. The number of carbonyl (C=O) groups excluding carboxylic acids is 1. The average Bonchev–Trinajstić information content (AvgIpc) is 2.75. The van der Waals surface area contributed by atoms with E-state index in [-0.39, 0.29) is 0 Å². The molecular formula is C12H14BrNO3. The minimum atomic E-state index is -0.650. The Morgan fingerprint density at radius 3 is 3.12 bits per heavy atom. The second kappa shape index (κ2) is 5.06. The molecule has 1 aromatic rings. The quantitative estimate of drug-likeness (QED) is 0.858. The maximum atomic E-state index is 11.3. The van der Waals surface area contributed by atoms with Crippen molar-refractivity contribution in [2.45, 2.75) is 18.9 Å². The second-order valence-electron chi connectivity index (χ2n) is 3.99. The van der Waals surface area contributed by atoms with Crippen molar-refractivity contribution < 1.29 is 14.3 Å². The van der Waals surface area contributed by atoms with Crippen LogP contribution in [0.3, 0.4) is 0 Å². The van der Waals surface area contributed by atoms with Crippen LogP contribution >= 0.6 is 15.9 Å². The lowest BCUT2D eigenvalue weighted by Gasteiger charge is -2.12. The molecule has 1 aliphatic heterocycles. The second-order valence-corrected chi connectivity index (χ2v) is 4.90. The molecule has 0 bridgehead atoms. The van der Waals surface area contributed by atoms with Gasteiger partial charge in [0.25, 0.3) is 0 Å². The molecule has 17 heavy (non-hydrogen) atoms. The van der Waals surface area contributed by atoms with Crippen molar-refractivity contribution >= 4 is 21.9 Å². The van der Waals surface area contributed by atoms with Crippen molar-refractivity contribution in [3.63, 3.8) is 0 Å². The van der Waals surface area contributed by atoms with Crippen LogP contribution in [0.25, 0.3) is 0 Å².